The van der Waals surface area contributed by atoms with Crippen molar-refractivity contribution >= 4 is 23.2 Å². The molecule has 146 valence electrons. The van der Waals surface area contributed by atoms with Gasteiger partial charge in [-0.25, -0.2) is 4.98 Å². The number of hydrogen-bond acceptors (Lipinski definition) is 4. The van der Waals surface area contributed by atoms with Crippen molar-refractivity contribution in [1.82, 2.24) is 4.98 Å². The van der Waals surface area contributed by atoms with E-state index in [-0.39, 0.29) is 11.8 Å². The maximum absolute atomic E-state index is 12.6. The van der Waals surface area contributed by atoms with Crippen LogP contribution >= 0.6 is 0 Å². The summed E-state index contributed by atoms with van der Waals surface area (Å²) in [5.74, 6) is 0.788. The number of carbonyl (C=O) groups is 2. The highest BCUT2D eigenvalue weighted by Crippen LogP contribution is 2.37. The molecule has 0 saturated carbocycles. The summed E-state index contributed by atoms with van der Waals surface area (Å²) in [6.07, 6.45) is 1.54. The standard InChI is InChI=1S/C23H21N3O3/c1-14-4-8-17(9-5-14)29-20-11-7-16(13-24-20)25-21(27)15-6-10-18-19(12-15)26-22(28)23(18,2)3/h4-13H,1-3H3,(H,25,27)(H,26,28). The first kappa shape index (κ1) is 18.7. The van der Waals surface area contributed by atoms with Gasteiger partial charge in [-0.1, -0.05) is 23.8 Å². The van der Waals surface area contributed by atoms with E-state index in [0.29, 0.717) is 28.6 Å². The molecule has 2 N–H and O–H groups in total. The molecule has 2 heterocycles. The molecule has 29 heavy (non-hydrogen) atoms. The Morgan fingerprint density at radius 1 is 1.07 bits per heavy atom. The molecule has 0 saturated heterocycles. The Balaban J connectivity index is 1.44. The highest BCUT2D eigenvalue weighted by molar-refractivity contribution is 6.09. The van der Waals surface area contributed by atoms with Gasteiger partial charge in [-0.2, -0.15) is 0 Å². The number of amides is 2. The summed E-state index contributed by atoms with van der Waals surface area (Å²) >= 11 is 0. The minimum absolute atomic E-state index is 0.0709. The van der Waals surface area contributed by atoms with Gasteiger partial charge in [0.05, 0.1) is 17.3 Å². The lowest BCUT2D eigenvalue weighted by molar-refractivity contribution is -0.119. The average molecular weight is 387 g/mol. The first-order chi connectivity index (χ1) is 13.8. The van der Waals surface area contributed by atoms with Gasteiger partial charge in [-0.05, 0) is 56.7 Å². The summed E-state index contributed by atoms with van der Waals surface area (Å²) < 4.78 is 5.69. The molecule has 0 unspecified atom stereocenters. The third-order valence-electron chi connectivity index (χ3n) is 5.01. The predicted octanol–water partition coefficient (Wildman–Crippen LogP) is 4.66. The summed E-state index contributed by atoms with van der Waals surface area (Å²) in [5.41, 5.74) is 3.13. The van der Waals surface area contributed by atoms with Gasteiger partial charge in [0.15, 0.2) is 0 Å². The van der Waals surface area contributed by atoms with E-state index in [1.807, 2.05) is 51.1 Å². The zero-order valence-corrected chi connectivity index (χ0v) is 16.4. The fourth-order valence-corrected chi connectivity index (χ4v) is 3.18. The van der Waals surface area contributed by atoms with Crippen molar-refractivity contribution in [1.29, 1.82) is 0 Å². The van der Waals surface area contributed by atoms with Crippen LogP contribution < -0.4 is 15.4 Å². The van der Waals surface area contributed by atoms with Crippen molar-refractivity contribution in [2.75, 3.05) is 10.6 Å². The van der Waals surface area contributed by atoms with Crippen molar-refractivity contribution in [3.8, 4) is 11.6 Å². The smallest absolute Gasteiger partial charge is 0.255 e. The Kier molecular flexibility index (Phi) is 4.54. The zero-order valence-electron chi connectivity index (χ0n) is 16.4. The van der Waals surface area contributed by atoms with E-state index >= 15 is 0 Å². The van der Waals surface area contributed by atoms with Crippen molar-refractivity contribution in [2.24, 2.45) is 0 Å². The average Bonchev–Trinajstić information content (AvgIpc) is 2.93. The highest BCUT2D eigenvalue weighted by Gasteiger charge is 2.38. The molecule has 1 aliphatic rings. The fraction of sp³-hybridized carbons (Fsp3) is 0.174. The Hall–Kier alpha value is -3.67. The molecular formula is C23H21N3O3. The van der Waals surface area contributed by atoms with Crippen LogP contribution in [0, 0.1) is 6.92 Å². The molecule has 2 aromatic carbocycles. The molecule has 0 radical (unpaired) electrons. The molecule has 0 atom stereocenters. The molecule has 2 amide bonds. The number of aryl methyl sites for hydroxylation is 1. The van der Waals surface area contributed by atoms with E-state index in [0.717, 1.165) is 11.1 Å². The van der Waals surface area contributed by atoms with E-state index in [1.165, 1.54) is 0 Å². The van der Waals surface area contributed by atoms with Crippen LogP contribution in [0.15, 0.2) is 60.8 Å². The molecule has 4 rings (SSSR count). The molecule has 6 heteroatoms. The highest BCUT2D eigenvalue weighted by atomic mass is 16.5. The van der Waals surface area contributed by atoms with Crippen molar-refractivity contribution < 1.29 is 14.3 Å². The largest absolute Gasteiger partial charge is 0.439 e. The number of nitrogens with one attached hydrogen (secondary N) is 2. The number of fused-ring (bicyclic) bond motifs is 1. The Morgan fingerprint density at radius 3 is 2.52 bits per heavy atom. The van der Waals surface area contributed by atoms with Crippen molar-refractivity contribution in [3.63, 3.8) is 0 Å². The van der Waals surface area contributed by atoms with Crippen LogP contribution in [0.25, 0.3) is 0 Å². The van der Waals surface area contributed by atoms with E-state index < -0.39 is 5.41 Å². The van der Waals surface area contributed by atoms with Crippen LogP contribution in [-0.2, 0) is 10.2 Å². The Labute approximate surface area is 168 Å². The van der Waals surface area contributed by atoms with Gasteiger partial charge in [0.1, 0.15) is 5.75 Å². The molecular weight excluding hydrogens is 366 g/mol. The fourth-order valence-electron chi connectivity index (χ4n) is 3.18. The van der Waals surface area contributed by atoms with Crippen LogP contribution in [0.2, 0.25) is 0 Å². The van der Waals surface area contributed by atoms with Gasteiger partial charge in [0, 0.05) is 17.3 Å². The second-order valence-corrected chi connectivity index (χ2v) is 7.59. The maximum atomic E-state index is 12.6. The molecule has 0 bridgehead atoms. The Bertz CT molecular complexity index is 1090. The van der Waals surface area contributed by atoms with Crippen LogP contribution in [0.1, 0.15) is 35.3 Å². The monoisotopic (exact) mass is 387 g/mol. The summed E-state index contributed by atoms with van der Waals surface area (Å²) in [6, 6.07) is 16.3. The number of aromatic nitrogens is 1. The molecule has 3 aromatic rings. The number of rotatable bonds is 4. The lowest BCUT2D eigenvalue weighted by Crippen LogP contribution is -2.26. The van der Waals surface area contributed by atoms with E-state index in [1.54, 1.807) is 30.5 Å². The molecule has 0 spiro atoms. The normalized spacial score (nSPS) is 14.1. The number of pyridine rings is 1. The predicted molar refractivity (Wildman–Crippen MR) is 112 cm³/mol. The van der Waals surface area contributed by atoms with Crippen molar-refractivity contribution in [2.45, 2.75) is 26.2 Å². The molecule has 6 nitrogen and oxygen atoms in total. The van der Waals surface area contributed by atoms with Crippen LogP contribution in [0.3, 0.4) is 0 Å². The van der Waals surface area contributed by atoms with E-state index in [4.69, 9.17) is 4.74 Å². The zero-order chi connectivity index (χ0) is 20.6. The topological polar surface area (TPSA) is 80.3 Å². The van der Waals surface area contributed by atoms with Crippen LogP contribution in [0.5, 0.6) is 11.6 Å². The molecule has 1 aromatic heterocycles. The van der Waals surface area contributed by atoms with E-state index in [9.17, 15) is 9.59 Å². The van der Waals surface area contributed by atoms with Gasteiger partial charge < -0.3 is 15.4 Å². The van der Waals surface area contributed by atoms with Crippen molar-refractivity contribution in [3.05, 3.63) is 77.5 Å². The number of benzene rings is 2. The summed E-state index contributed by atoms with van der Waals surface area (Å²) in [7, 11) is 0. The van der Waals surface area contributed by atoms with Gasteiger partial charge >= 0.3 is 0 Å². The number of carbonyl (C=O) groups excluding carboxylic acids is 2. The van der Waals surface area contributed by atoms with E-state index in [2.05, 4.69) is 15.6 Å². The SMILES string of the molecule is Cc1ccc(Oc2ccc(NC(=O)c3ccc4c(c3)NC(=O)C4(C)C)cn2)cc1. The summed E-state index contributed by atoms with van der Waals surface area (Å²) in [5, 5.41) is 5.64. The molecule has 0 aliphatic carbocycles. The summed E-state index contributed by atoms with van der Waals surface area (Å²) in [4.78, 5) is 28.9. The minimum atomic E-state index is -0.596. The number of ether oxygens (including phenoxy) is 1. The number of nitrogens with zero attached hydrogens (tertiary/aromatic N) is 1. The first-order valence-electron chi connectivity index (χ1n) is 9.31. The van der Waals surface area contributed by atoms with Gasteiger partial charge in [0.2, 0.25) is 11.8 Å². The first-order valence-corrected chi connectivity index (χ1v) is 9.31. The number of anilines is 2. The lowest BCUT2D eigenvalue weighted by Gasteiger charge is -2.15. The van der Waals surface area contributed by atoms with Crippen LogP contribution in [-0.4, -0.2) is 16.8 Å². The lowest BCUT2D eigenvalue weighted by atomic mass is 9.86. The summed E-state index contributed by atoms with van der Waals surface area (Å²) in [6.45, 7) is 5.73. The van der Waals surface area contributed by atoms with Crippen LogP contribution in [0.4, 0.5) is 11.4 Å². The number of hydrogen-bond donors (Lipinski definition) is 2. The molecule has 1 aliphatic heterocycles. The molecule has 0 fully saturated rings. The maximum Gasteiger partial charge on any atom is 0.255 e. The second kappa shape index (κ2) is 7.05. The van der Waals surface area contributed by atoms with Gasteiger partial charge in [0.25, 0.3) is 5.91 Å². The van der Waals surface area contributed by atoms with Gasteiger partial charge in [-0.15, -0.1) is 0 Å². The third kappa shape index (κ3) is 3.69. The third-order valence-corrected chi connectivity index (χ3v) is 5.01. The second-order valence-electron chi connectivity index (χ2n) is 7.59. The minimum Gasteiger partial charge on any atom is -0.439 e. The van der Waals surface area contributed by atoms with Gasteiger partial charge in [-0.3, -0.25) is 9.59 Å². The quantitative estimate of drug-likeness (QED) is 0.682. The Morgan fingerprint density at radius 2 is 1.83 bits per heavy atom.